The molecule has 102 valence electrons. The van der Waals surface area contributed by atoms with E-state index in [0.29, 0.717) is 0 Å². The summed E-state index contributed by atoms with van der Waals surface area (Å²) < 4.78 is 2.10. The van der Waals surface area contributed by atoms with Gasteiger partial charge in [0.1, 0.15) is 0 Å². The van der Waals surface area contributed by atoms with Crippen LogP contribution < -0.4 is 34.0 Å². The highest BCUT2D eigenvalue weighted by molar-refractivity contribution is 4.49. The Bertz CT molecular complexity index is 144. The van der Waals surface area contributed by atoms with E-state index in [-0.39, 0.29) is 34.0 Å². The van der Waals surface area contributed by atoms with E-state index in [2.05, 4.69) is 54.2 Å². The zero-order chi connectivity index (χ0) is 11.4. The Hall–Kier alpha value is 0.840. The zero-order valence-electron chi connectivity index (χ0n) is 11.9. The van der Waals surface area contributed by atoms with Crippen LogP contribution in [0.1, 0.15) is 0 Å². The number of hydrogen-bond donors (Lipinski definition) is 0. The van der Waals surface area contributed by atoms with Gasteiger partial charge >= 0.3 is 0 Å². The second-order valence-electron chi connectivity index (χ2n) is 6.33. The Morgan fingerprint density at radius 3 is 1.12 bits per heavy atom. The molecule has 16 heavy (non-hydrogen) atoms. The third-order valence-corrected chi connectivity index (χ3v) is 2.31. The topological polar surface area (TPSA) is 3.24 Å². The summed E-state index contributed by atoms with van der Waals surface area (Å²) >= 11 is 0. The van der Waals surface area contributed by atoms with Crippen molar-refractivity contribution in [2.45, 2.75) is 0 Å². The quantitative estimate of drug-likeness (QED) is 0.426. The Kier molecular flexibility index (Phi) is 12.2. The largest absolute Gasteiger partial charge is 1.00 e. The molecule has 0 fully saturated rings. The summed E-state index contributed by atoms with van der Waals surface area (Å²) in [5, 5.41) is 0. The van der Waals surface area contributed by atoms with Crippen LogP contribution in [0.15, 0.2) is 0 Å². The van der Waals surface area contributed by atoms with E-state index in [1.54, 1.807) is 0 Å². The van der Waals surface area contributed by atoms with Gasteiger partial charge < -0.3 is 42.9 Å². The first kappa shape index (κ1) is 22.1. The van der Waals surface area contributed by atoms with Gasteiger partial charge in [-0.25, -0.2) is 0 Å². The molecule has 5 heteroatoms. The van der Waals surface area contributed by atoms with Gasteiger partial charge in [-0.1, -0.05) is 0 Å². The lowest BCUT2D eigenvalue weighted by atomic mass is 10.4. The maximum absolute atomic E-state index is 2.42. The molecule has 0 amide bonds. The Morgan fingerprint density at radius 1 is 0.688 bits per heavy atom. The number of likely N-dealkylation sites (N-methyl/N-ethyl adjacent to an activating group) is 3. The first-order valence-corrected chi connectivity index (χ1v) is 5.40. The fraction of sp³-hybridized carbons (Fsp3) is 1.00. The van der Waals surface area contributed by atoms with E-state index in [4.69, 9.17) is 0 Å². The van der Waals surface area contributed by atoms with Gasteiger partial charge in [0.25, 0.3) is 0 Å². The minimum Gasteiger partial charge on any atom is -1.00 e. The van der Waals surface area contributed by atoms with Crippen molar-refractivity contribution in [2.75, 3.05) is 75.5 Å². The Morgan fingerprint density at radius 2 is 0.938 bits per heavy atom. The number of halogens is 2. The average molecular weight is 363 g/mol. The van der Waals surface area contributed by atoms with Crippen LogP contribution in [0, 0.1) is 0 Å². The predicted molar refractivity (Wildman–Crippen MR) is 63.3 cm³/mol. The SMILES string of the molecule is CN(CC[N+](C)(C)C)CC[N+](C)(C)C.[Br-].[Br-]. The van der Waals surface area contributed by atoms with Crippen LogP contribution in [0.5, 0.6) is 0 Å². The van der Waals surface area contributed by atoms with Crippen LogP contribution in [0.3, 0.4) is 0 Å². The molecular formula is C11H29Br2N3. The molecule has 0 spiro atoms. The molecule has 0 aliphatic carbocycles. The number of nitrogens with zero attached hydrogens (tertiary/aromatic N) is 3. The predicted octanol–water partition coefficient (Wildman–Crippen LogP) is -5.66. The lowest BCUT2D eigenvalue weighted by Crippen LogP contribution is -3.00. The van der Waals surface area contributed by atoms with E-state index in [0.717, 1.165) is 8.97 Å². The van der Waals surface area contributed by atoms with Crippen molar-refractivity contribution in [3.63, 3.8) is 0 Å². The number of rotatable bonds is 6. The molecule has 0 bridgehead atoms. The minimum absolute atomic E-state index is 0. The molecular weight excluding hydrogens is 334 g/mol. The smallest absolute Gasteiger partial charge is 0.0909 e. The Labute approximate surface area is 123 Å². The second-order valence-corrected chi connectivity index (χ2v) is 6.33. The van der Waals surface area contributed by atoms with Crippen LogP contribution >= 0.6 is 0 Å². The number of hydrogen-bond acceptors (Lipinski definition) is 1. The summed E-state index contributed by atoms with van der Waals surface area (Å²) in [5.74, 6) is 0. The highest BCUT2D eigenvalue weighted by Crippen LogP contribution is 1.94. The summed E-state index contributed by atoms with van der Waals surface area (Å²) in [6.45, 7) is 4.80. The van der Waals surface area contributed by atoms with Crippen molar-refractivity contribution in [3.8, 4) is 0 Å². The van der Waals surface area contributed by atoms with Gasteiger partial charge in [-0.3, -0.25) is 4.90 Å². The summed E-state index contributed by atoms with van der Waals surface area (Å²) in [5.41, 5.74) is 0. The molecule has 0 aromatic rings. The van der Waals surface area contributed by atoms with Gasteiger partial charge in [0, 0.05) is 13.1 Å². The van der Waals surface area contributed by atoms with Crippen molar-refractivity contribution >= 4 is 0 Å². The summed E-state index contributed by atoms with van der Waals surface area (Å²) in [6, 6.07) is 0. The summed E-state index contributed by atoms with van der Waals surface area (Å²) in [6.07, 6.45) is 0. The van der Waals surface area contributed by atoms with E-state index in [1.807, 2.05) is 0 Å². The maximum atomic E-state index is 2.42. The van der Waals surface area contributed by atoms with E-state index in [1.165, 1.54) is 26.2 Å². The molecule has 0 saturated carbocycles. The van der Waals surface area contributed by atoms with Crippen molar-refractivity contribution < 1.29 is 42.9 Å². The second kappa shape index (κ2) is 8.86. The van der Waals surface area contributed by atoms with Crippen LogP contribution in [0.2, 0.25) is 0 Å². The lowest BCUT2D eigenvalue weighted by Gasteiger charge is -2.29. The molecule has 0 radical (unpaired) electrons. The van der Waals surface area contributed by atoms with Crippen LogP contribution in [0.4, 0.5) is 0 Å². The van der Waals surface area contributed by atoms with Crippen molar-refractivity contribution in [1.29, 1.82) is 0 Å². The first-order chi connectivity index (χ1) is 6.10. The molecule has 0 aliphatic rings. The van der Waals surface area contributed by atoms with Crippen LogP contribution in [0.25, 0.3) is 0 Å². The molecule has 0 N–H and O–H groups in total. The van der Waals surface area contributed by atoms with E-state index >= 15 is 0 Å². The van der Waals surface area contributed by atoms with Crippen LogP contribution in [-0.2, 0) is 0 Å². The van der Waals surface area contributed by atoms with Gasteiger partial charge in [-0.15, -0.1) is 0 Å². The lowest BCUT2D eigenvalue weighted by molar-refractivity contribution is -0.872. The van der Waals surface area contributed by atoms with Crippen molar-refractivity contribution in [1.82, 2.24) is 4.90 Å². The van der Waals surface area contributed by atoms with E-state index in [9.17, 15) is 0 Å². The monoisotopic (exact) mass is 361 g/mol. The molecule has 0 rings (SSSR count). The summed E-state index contributed by atoms with van der Waals surface area (Å²) in [7, 11) is 15.7. The van der Waals surface area contributed by atoms with Gasteiger partial charge in [-0.2, -0.15) is 0 Å². The molecule has 0 saturated heterocycles. The third-order valence-electron chi connectivity index (χ3n) is 2.31. The van der Waals surface area contributed by atoms with Crippen molar-refractivity contribution in [3.05, 3.63) is 0 Å². The minimum atomic E-state index is 0. The standard InChI is InChI=1S/C11H29N3.2BrH/c1-12(8-10-13(2,3)4)9-11-14(5,6)7;;/h8-11H2,1-7H3;2*1H/q+2;;/p-2. The molecule has 3 nitrogen and oxygen atoms in total. The first-order valence-electron chi connectivity index (χ1n) is 5.40. The normalized spacial score (nSPS) is 12.0. The van der Waals surface area contributed by atoms with Crippen molar-refractivity contribution in [2.24, 2.45) is 0 Å². The van der Waals surface area contributed by atoms with Gasteiger partial charge in [0.05, 0.1) is 55.4 Å². The molecule has 0 aromatic heterocycles. The third kappa shape index (κ3) is 17.2. The highest BCUT2D eigenvalue weighted by atomic mass is 79.9. The molecule has 0 atom stereocenters. The molecule has 0 heterocycles. The molecule has 0 unspecified atom stereocenters. The summed E-state index contributed by atoms with van der Waals surface area (Å²) in [4.78, 5) is 2.42. The number of quaternary nitrogens is 2. The molecule has 0 aromatic carbocycles. The van der Waals surface area contributed by atoms with Gasteiger partial charge in [0.2, 0.25) is 0 Å². The van der Waals surface area contributed by atoms with Crippen LogP contribution in [-0.4, -0.2) is 89.4 Å². The van der Waals surface area contributed by atoms with Gasteiger partial charge in [-0.05, 0) is 7.05 Å². The fourth-order valence-corrected chi connectivity index (χ4v) is 1.05. The van der Waals surface area contributed by atoms with Gasteiger partial charge in [0.15, 0.2) is 0 Å². The fourth-order valence-electron chi connectivity index (χ4n) is 1.05. The highest BCUT2D eigenvalue weighted by Gasteiger charge is 2.12. The molecule has 0 aliphatic heterocycles. The maximum Gasteiger partial charge on any atom is 0.0909 e. The van der Waals surface area contributed by atoms with E-state index < -0.39 is 0 Å². The average Bonchev–Trinajstić information content (AvgIpc) is 1.94. The zero-order valence-corrected chi connectivity index (χ0v) is 15.1. The Balaban J connectivity index is -0.000000845.